The third kappa shape index (κ3) is 7.03. The third-order valence-electron chi connectivity index (χ3n) is 7.58. The number of nitrogens with zero attached hydrogens (tertiary/aromatic N) is 2. The lowest BCUT2D eigenvalue weighted by Crippen LogP contribution is -2.37. The van der Waals surface area contributed by atoms with E-state index in [4.69, 9.17) is 0 Å². The molecule has 2 aromatic carbocycles. The van der Waals surface area contributed by atoms with Crippen molar-refractivity contribution in [3.05, 3.63) is 102 Å². The van der Waals surface area contributed by atoms with Gasteiger partial charge in [0.25, 0.3) is 0 Å². The molecule has 2 aromatic rings. The van der Waals surface area contributed by atoms with Crippen LogP contribution in [0.25, 0.3) is 5.57 Å². The molecule has 1 aliphatic heterocycles. The molecule has 204 valence electrons. The van der Waals surface area contributed by atoms with Crippen LogP contribution >= 0.6 is 9.39 Å². The number of nitrogens with one attached hydrogen (secondary N) is 1. The molecule has 0 aromatic heterocycles. The summed E-state index contributed by atoms with van der Waals surface area (Å²) in [4.78, 5) is 3.40. The van der Waals surface area contributed by atoms with Crippen LogP contribution in [0.1, 0.15) is 43.4 Å². The lowest BCUT2D eigenvalue weighted by molar-refractivity contribution is 0.281. The highest BCUT2D eigenvalue weighted by atomic mass is 32.2. The van der Waals surface area contributed by atoms with Gasteiger partial charge < -0.3 is 15.3 Å². The zero-order valence-corrected chi connectivity index (χ0v) is 24.7. The Hall–Kier alpha value is -3.15. The first-order valence-corrected chi connectivity index (χ1v) is 15.2. The average molecular weight is 532 g/mol. The van der Waals surface area contributed by atoms with Gasteiger partial charge >= 0.3 is 0 Å². The Morgan fingerprint density at radius 3 is 2.29 bits per heavy atom. The summed E-state index contributed by atoms with van der Waals surface area (Å²) in [7, 11) is 0.544. The van der Waals surface area contributed by atoms with Crippen molar-refractivity contribution >= 4 is 26.7 Å². The van der Waals surface area contributed by atoms with Gasteiger partial charge in [-0.3, -0.25) is 4.31 Å². The van der Waals surface area contributed by atoms with E-state index in [0.717, 1.165) is 60.7 Å². The number of hydrogen-bond acceptors (Lipinski definition) is 4. The highest BCUT2D eigenvalue weighted by molar-refractivity contribution is 8.25. The van der Waals surface area contributed by atoms with Crippen molar-refractivity contribution in [3.63, 3.8) is 0 Å². The topological polar surface area (TPSA) is 38.7 Å². The summed E-state index contributed by atoms with van der Waals surface area (Å²) in [6.45, 7) is 19.5. The Bertz CT molecular complexity index is 1320. The van der Waals surface area contributed by atoms with Crippen LogP contribution in [0.4, 0.5) is 0 Å². The number of aromatic hydroxyl groups is 1. The Labute approximate surface area is 231 Å². The van der Waals surface area contributed by atoms with Crippen molar-refractivity contribution in [3.8, 4) is 5.75 Å². The van der Waals surface area contributed by atoms with Gasteiger partial charge in [0.2, 0.25) is 0 Å². The molecule has 1 fully saturated rings. The van der Waals surface area contributed by atoms with Gasteiger partial charge in [-0.15, -0.1) is 9.39 Å². The second kappa shape index (κ2) is 12.6. The molecule has 1 aliphatic rings. The number of allylic oxidation sites excluding steroid dienone is 5. The summed E-state index contributed by atoms with van der Waals surface area (Å²) in [6.07, 6.45) is 6.08. The summed E-state index contributed by atoms with van der Waals surface area (Å²) in [6, 6.07) is 14.0. The van der Waals surface area contributed by atoms with E-state index in [1.54, 1.807) is 6.07 Å². The summed E-state index contributed by atoms with van der Waals surface area (Å²) in [5.41, 5.74) is 6.24. The first-order valence-electron chi connectivity index (χ1n) is 13.2. The molecule has 4 nitrogen and oxygen atoms in total. The maximum atomic E-state index is 10.3. The van der Waals surface area contributed by atoms with Crippen LogP contribution in [-0.2, 0) is 0 Å². The Kier molecular flexibility index (Phi) is 9.75. The minimum absolute atomic E-state index is 0.230. The molecule has 0 bridgehead atoms. The lowest BCUT2D eigenvalue weighted by Gasteiger charge is -2.38. The molecule has 0 spiro atoms. The number of aryl methyl sites for hydroxylation is 2. The molecule has 0 atom stereocenters. The molecule has 1 saturated heterocycles. The quantitative estimate of drug-likeness (QED) is 0.251. The molecule has 0 unspecified atom stereocenters. The molecule has 1 heterocycles. The van der Waals surface area contributed by atoms with E-state index in [1.807, 2.05) is 30.4 Å². The lowest BCUT2D eigenvalue weighted by atomic mass is 9.98. The second-order valence-corrected chi connectivity index (χ2v) is 13.2. The van der Waals surface area contributed by atoms with Gasteiger partial charge in [0.05, 0.1) is 0 Å². The minimum Gasteiger partial charge on any atom is -0.507 e. The number of piperidine rings is 1. The number of benzene rings is 2. The normalized spacial score (nSPS) is 16.1. The van der Waals surface area contributed by atoms with Crippen molar-refractivity contribution < 1.29 is 5.11 Å². The van der Waals surface area contributed by atoms with Crippen LogP contribution in [0.3, 0.4) is 0 Å². The molecule has 2 N–H and O–H groups in total. The Morgan fingerprint density at radius 1 is 1.11 bits per heavy atom. The summed E-state index contributed by atoms with van der Waals surface area (Å²) < 4.78 is 2.50. The van der Waals surface area contributed by atoms with Crippen LogP contribution in [0, 0.1) is 19.8 Å². The van der Waals surface area contributed by atoms with Gasteiger partial charge in [-0.1, -0.05) is 55.2 Å². The summed E-state index contributed by atoms with van der Waals surface area (Å²) >= 11 is 0. The Balaban J connectivity index is 1.73. The number of phenolic OH excluding ortho intramolecular Hbond substituents is 1. The molecule has 0 radical (unpaired) electrons. The maximum absolute atomic E-state index is 10.3. The predicted octanol–water partition coefficient (Wildman–Crippen LogP) is 7.22. The van der Waals surface area contributed by atoms with Crippen LogP contribution in [0.5, 0.6) is 5.75 Å². The van der Waals surface area contributed by atoms with Crippen molar-refractivity contribution in [1.82, 2.24) is 14.5 Å². The summed E-state index contributed by atoms with van der Waals surface area (Å²) in [5.74, 6) is 10.9. The van der Waals surface area contributed by atoms with Crippen LogP contribution in [0.15, 0.2) is 89.8 Å². The fourth-order valence-electron chi connectivity index (χ4n) is 4.86. The monoisotopic (exact) mass is 531 g/mol. The van der Waals surface area contributed by atoms with Crippen LogP contribution < -0.4 is 5.32 Å². The van der Waals surface area contributed by atoms with Crippen molar-refractivity contribution in [2.45, 2.75) is 45.4 Å². The number of hydrogen-bond donors (Lipinski definition) is 2. The third-order valence-corrected chi connectivity index (χ3v) is 10.0. The highest BCUT2D eigenvalue weighted by Crippen LogP contribution is 2.39. The van der Waals surface area contributed by atoms with Crippen molar-refractivity contribution in [1.29, 1.82) is 0 Å². The van der Waals surface area contributed by atoms with Gasteiger partial charge in [-0.25, -0.2) is 0 Å². The molecular formula is C33H45N3OS. The van der Waals surface area contributed by atoms with Gasteiger partial charge in [0.1, 0.15) is 11.6 Å². The van der Waals surface area contributed by atoms with E-state index in [1.165, 1.54) is 16.0 Å². The minimum atomic E-state index is -1.51. The van der Waals surface area contributed by atoms with E-state index < -0.39 is 9.39 Å². The van der Waals surface area contributed by atoms with E-state index in [2.05, 4.69) is 92.4 Å². The zero-order valence-electron chi connectivity index (χ0n) is 23.9. The van der Waals surface area contributed by atoms with Gasteiger partial charge in [0.15, 0.2) is 0 Å². The Morgan fingerprint density at radius 2 is 1.71 bits per heavy atom. The molecule has 38 heavy (non-hydrogen) atoms. The molecule has 0 saturated carbocycles. The van der Waals surface area contributed by atoms with Crippen LogP contribution in [-0.4, -0.2) is 52.7 Å². The average Bonchev–Trinajstić information content (AvgIpc) is 2.89. The largest absolute Gasteiger partial charge is 0.507 e. The van der Waals surface area contributed by atoms with Crippen molar-refractivity contribution in [2.75, 3.05) is 26.7 Å². The number of rotatable bonds is 10. The summed E-state index contributed by atoms with van der Waals surface area (Å²) in [5, 5.41) is 14.0. The first kappa shape index (κ1) is 29.4. The molecule has 3 rings (SSSR count). The van der Waals surface area contributed by atoms with Gasteiger partial charge in [-0.2, -0.15) is 0 Å². The van der Waals surface area contributed by atoms with E-state index in [0.29, 0.717) is 5.92 Å². The standard InChI is InChI=1S/C33H45N3OS/c1-10-26(4)28(6)35(7)33(22-27(5)31-13-11-12-14-32(31)37)34-23-29-15-17-36(18-16-29)38(8,9)30-20-24(2)19-25(3)21-30/h10-14,19-22,29,34,37H,1,5,8-9,15-18,23H2,2-4,6-7H3/b28-26-,33-22-. The van der Waals surface area contributed by atoms with E-state index in [-0.39, 0.29) is 5.75 Å². The van der Waals surface area contributed by atoms with Gasteiger partial charge in [-0.05, 0) is 93.0 Å². The molecule has 0 aliphatic carbocycles. The number of para-hydroxylation sites is 1. The van der Waals surface area contributed by atoms with Crippen molar-refractivity contribution in [2.24, 2.45) is 5.92 Å². The second-order valence-electron chi connectivity index (χ2n) is 10.5. The fourth-order valence-corrected chi connectivity index (χ4v) is 6.88. The maximum Gasteiger partial charge on any atom is 0.123 e. The SMILES string of the molecule is C=C/C(C)=C(/C)N(C)/C(=C\C(=C)c1ccccc1O)NCC1CCN(S(=C)(=C)c2cc(C)cc(C)c2)CC1. The smallest absolute Gasteiger partial charge is 0.123 e. The predicted molar refractivity (Wildman–Crippen MR) is 170 cm³/mol. The van der Waals surface area contributed by atoms with E-state index in [9.17, 15) is 5.11 Å². The molecule has 5 heteroatoms. The zero-order chi connectivity index (χ0) is 28.0. The number of phenols is 1. The molecular weight excluding hydrogens is 486 g/mol. The van der Waals surface area contributed by atoms with Gasteiger partial charge in [0, 0.05) is 42.8 Å². The highest BCUT2D eigenvalue weighted by Gasteiger charge is 2.23. The first-order chi connectivity index (χ1) is 17.9. The van der Waals surface area contributed by atoms with Crippen LogP contribution in [0.2, 0.25) is 0 Å². The fraction of sp³-hybridized carbons (Fsp3) is 0.333. The molecule has 0 amide bonds. The van der Waals surface area contributed by atoms with E-state index >= 15 is 0 Å².